The first-order chi connectivity index (χ1) is 15.6. The Morgan fingerprint density at radius 2 is 1.66 bits per heavy atom. The second-order valence-corrected chi connectivity index (χ2v) is 9.43. The molecule has 4 heterocycles. The highest BCUT2D eigenvalue weighted by Gasteiger charge is 2.22. The molecule has 0 unspecified atom stereocenters. The Labute approximate surface area is 190 Å². The first-order valence-corrected chi connectivity index (χ1v) is 11.9. The van der Waals surface area contributed by atoms with E-state index in [0.717, 1.165) is 38.1 Å². The van der Waals surface area contributed by atoms with Crippen LogP contribution in [0.2, 0.25) is 0 Å². The molecule has 2 aliphatic heterocycles. The molecule has 6 heteroatoms. The van der Waals surface area contributed by atoms with Gasteiger partial charge in [0.1, 0.15) is 0 Å². The molecular weight excluding hydrogens is 398 g/mol. The van der Waals surface area contributed by atoms with Crippen LogP contribution in [0.25, 0.3) is 16.6 Å². The van der Waals surface area contributed by atoms with Crippen molar-refractivity contribution in [3.05, 3.63) is 54.4 Å². The van der Waals surface area contributed by atoms with Crippen molar-refractivity contribution in [2.45, 2.75) is 38.6 Å². The molecule has 1 amide bonds. The van der Waals surface area contributed by atoms with E-state index in [9.17, 15) is 4.79 Å². The maximum absolute atomic E-state index is 11.0. The van der Waals surface area contributed by atoms with Crippen LogP contribution in [0.15, 0.2) is 48.8 Å². The minimum atomic E-state index is 0.648. The fraction of sp³-hybridized carbons (Fsp3) is 0.462. The van der Waals surface area contributed by atoms with Crippen molar-refractivity contribution in [3.63, 3.8) is 0 Å². The van der Waals surface area contributed by atoms with E-state index in [2.05, 4.69) is 71.3 Å². The van der Waals surface area contributed by atoms with Gasteiger partial charge in [0.15, 0.2) is 0 Å². The molecule has 0 N–H and O–H groups in total. The van der Waals surface area contributed by atoms with Gasteiger partial charge in [0, 0.05) is 50.2 Å². The molecule has 0 radical (unpaired) electrons. The van der Waals surface area contributed by atoms with Gasteiger partial charge in [-0.3, -0.25) is 4.79 Å². The summed E-state index contributed by atoms with van der Waals surface area (Å²) in [6, 6.07) is 14.1. The zero-order valence-electron chi connectivity index (χ0n) is 19.2. The highest BCUT2D eigenvalue weighted by atomic mass is 16.1. The number of carbonyl (C=O) groups excluding carboxylic acids is 1. The molecule has 0 saturated carbocycles. The molecule has 32 heavy (non-hydrogen) atoms. The summed E-state index contributed by atoms with van der Waals surface area (Å²) >= 11 is 0. The van der Waals surface area contributed by atoms with Gasteiger partial charge in [0.25, 0.3) is 0 Å². The summed E-state index contributed by atoms with van der Waals surface area (Å²) in [7, 11) is 0. The maximum atomic E-state index is 11.0. The minimum absolute atomic E-state index is 0.648. The summed E-state index contributed by atoms with van der Waals surface area (Å²) in [5.41, 5.74) is 6.19. The third-order valence-corrected chi connectivity index (χ3v) is 7.27. The summed E-state index contributed by atoms with van der Waals surface area (Å²) in [5, 5.41) is 4.54. The molecule has 2 fully saturated rings. The molecule has 168 valence electrons. The van der Waals surface area contributed by atoms with Crippen molar-refractivity contribution in [1.82, 2.24) is 19.4 Å². The van der Waals surface area contributed by atoms with Gasteiger partial charge in [-0.2, -0.15) is 5.10 Å². The Morgan fingerprint density at radius 3 is 2.31 bits per heavy atom. The standard InChI is InChI=1S/C26H33N5O/c1-20(2)29-11-8-23(9-12-29)21-3-5-22(6-4-21)24-17-26-25(7-10-27-31(26)18-24)30-15-13-28(19-32)14-16-30/h3-7,10,17-20,23H,8-9,11-16H2,1-2H3. The lowest BCUT2D eigenvalue weighted by Crippen LogP contribution is -2.45. The van der Waals surface area contributed by atoms with Gasteiger partial charge in [0.05, 0.1) is 11.2 Å². The van der Waals surface area contributed by atoms with Gasteiger partial charge in [0.2, 0.25) is 6.41 Å². The SMILES string of the molecule is CC(C)N1CCC(c2ccc(-c3cc4c(N5CCN(C=O)CC5)ccnn4c3)cc2)CC1. The number of fused-ring (bicyclic) bond motifs is 1. The Kier molecular flexibility index (Phi) is 5.87. The van der Waals surface area contributed by atoms with Crippen molar-refractivity contribution in [2.75, 3.05) is 44.2 Å². The number of likely N-dealkylation sites (tertiary alicyclic amines) is 1. The number of piperazine rings is 1. The van der Waals surface area contributed by atoms with Crippen molar-refractivity contribution in [3.8, 4) is 11.1 Å². The zero-order valence-corrected chi connectivity index (χ0v) is 19.2. The molecule has 2 aromatic heterocycles. The van der Waals surface area contributed by atoms with Crippen LogP contribution in [0.3, 0.4) is 0 Å². The number of amides is 1. The second-order valence-electron chi connectivity index (χ2n) is 9.43. The number of carbonyl (C=O) groups is 1. The minimum Gasteiger partial charge on any atom is -0.366 e. The molecule has 2 saturated heterocycles. The number of nitrogens with zero attached hydrogens (tertiary/aromatic N) is 5. The molecule has 6 nitrogen and oxygen atoms in total. The van der Waals surface area contributed by atoms with Crippen LogP contribution in [-0.4, -0.2) is 71.1 Å². The second kappa shape index (κ2) is 8.94. The first kappa shape index (κ1) is 21.0. The quantitative estimate of drug-likeness (QED) is 0.576. The molecule has 5 rings (SSSR count). The van der Waals surface area contributed by atoms with Crippen LogP contribution in [0.5, 0.6) is 0 Å². The summed E-state index contributed by atoms with van der Waals surface area (Å²) in [6.07, 6.45) is 7.43. The average Bonchev–Trinajstić information content (AvgIpc) is 3.29. The Hall–Kier alpha value is -2.86. The number of rotatable bonds is 5. The number of benzene rings is 1. The Morgan fingerprint density at radius 1 is 0.938 bits per heavy atom. The maximum Gasteiger partial charge on any atom is 0.209 e. The smallest absolute Gasteiger partial charge is 0.209 e. The Balaban J connectivity index is 1.34. The summed E-state index contributed by atoms with van der Waals surface area (Å²) in [5.74, 6) is 0.672. The van der Waals surface area contributed by atoms with Gasteiger partial charge in [-0.15, -0.1) is 0 Å². The molecule has 0 bridgehead atoms. The van der Waals surface area contributed by atoms with Crippen molar-refractivity contribution in [2.24, 2.45) is 0 Å². The van der Waals surface area contributed by atoms with E-state index in [1.807, 2.05) is 15.6 Å². The normalized spacial score (nSPS) is 18.6. The first-order valence-electron chi connectivity index (χ1n) is 11.9. The number of aromatic nitrogens is 2. The van der Waals surface area contributed by atoms with E-state index in [1.165, 1.54) is 48.3 Å². The monoisotopic (exact) mass is 431 g/mol. The highest BCUT2D eigenvalue weighted by Crippen LogP contribution is 2.32. The van der Waals surface area contributed by atoms with Gasteiger partial charge in [-0.25, -0.2) is 4.52 Å². The highest BCUT2D eigenvalue weighted by molar-refractivity contribution is 5.80. The average molecular weight is 432 g/mol. The number of anilines is 1. The predicted octanol–water partition coefficient (Wildman–Crippen LogP) is 3.87. The summed E-state index contributed by atoms with van der Waals surface area (Å²) < 4.78 is 1.98. The number of hydrogen-bond donors (Lipinski definition) is 0. The van der Waals surface area contributed by atoms with E-state index < -0.39 is 0 Å². The van der Waals surface area contributed by atoms with Crippen LogP contribution in [0.1, 0.15) is 38.2 Å². The molecule has 0 spiro atoms. The largest absolute Gasteiger partial charge is 0.366 e. The predicted molar refractivity (Wildman–Crippen MR) is 129 cm³/mol. The van der Waals surface area contributed by atoms with Crippen LogP contribution < -0.4 is 4.90 Å². The van der Waals surface area contributed by atoms with Crippen LogP contribution in [-0.2, 0) is 4.79 Å². The van der Waals surface area contributed by atoms with E-state index in [-0.39, 0.29) is 0 Å². The van der Waals surface area contributed by atoms with Crippen LogP contribution in [0, 0.1) is 0 Å². The summed E-state index contributed by atoms with van der Waals surface area (Å²) in [6.45, 7) is 10.2. The third kappa shape index (κ3) is 4.11. The van der Waals surface area contributed by atoms with Gasteiger partial charge in [-0.05, 0) is 69.0 Å². The lowest BCUT2D eigenvalue weighted by atomic mass is 9.88. The van der Waals surface area contributed by atoms with E-state index in [0.29, 0.717) is 12.0 Å². The fourth-order valence-electron chi connectivity index (χ4n) is 5.19. The molecule has 0 atom stereocenters. The molecule has 1 aromatic carbocycles. The molecule has 3 aromatic rings. The molecule has 2 aliphatic rings. The topological polar surface area (TPSA) is 44.1 Å². The van der Waals surface area contributed by atoms with Gasteiger partial charge in [-0.1, -0.05) is 24.3 Å². The number of piperidine rings is 1. The molecule has 0 aliphatic carbocycles. The number of hydrogen-bond acceptors (Lipinski definition) is 4. The third-order valence-electron chi connectivity index (χ3n) is 7.27. The van der Waals surface area contributed by atoms with Gasteiger partial charge >= 0.3 is 0 Å². The van der Waals surface area contributed by atoms with Gasteiger partial charge < -0.3 is 14.7 Å². The van der Waals surface area contributed by atoms with E-state index >= 15 is 0 Å². The van der Waals surface area contributed by atoms with Crippen LogP contribution in [0.4, 0.5) is 5.69 Å². The van der Waals surface area contributed by atoms with Crippen LogP contribution >= 0.6 is 0 Å². The van der Waals surface area contributed by atoms with Crippen molar-refractivity contribution < 1.29 is 4.79 Å². The van der Waals surface area contributed by atoms with E-state index in [1.54, 1.807) is 0 Å². The molecular formula is C26H33N5O. The van der Waals surface area contributed by atoms with Crippen molar-refractivity contribution in [1.29, 1.82) is 0 Å². The fourth-order valence-corrected chi connectivity index (χ4v) is 5.19. The summed E-state index contributed by atoms with van der Waals surface area (Å²) in [4.78, 5) is 17.8. The zero-order chi connectivity index (χ0) is 22.1. The lowest BCUT2D eigenvalue weighted by molar-refractivity contribution is -0.118. The Bertz CT molecular complexity index is 1060. The van der Waals surface area contributed by atoms with E-state index in [4.69, 9.17) is 0 Å². The lowest BCUT2D eigenvalue weighted by Gasteiger charge is -2.34. The van der Waals surface area contributed by atoms with Crippen molar-refractivity contribution >= 4 is 17.6 Å².